The Balaban J connectivity index is 1.63. The average molecular weight is 352 g/mol. The highest BCUT2D eigenvalue weighted by Gasteiger charge is 2.15. The molecule has 2 aromatic heterocycles. The summed E-state index contributed by atoms with van der Waals surface area (Å²) in [7, 11) is 1.77. The van der Waals surface area contributed by atoms with Crippen LogP contribution < -0.4 is 10.9 Å². The van der Waals surface area contributed by atoms with Gasteiger partial charge in [-0.15, -0.1) is 0 Å². The number of fused-ring (bicyclic) bond motifs is 1. The van der Waals surface area contributed by atoms with Gasteiger partial charge in [0, 0.05) is 25.7 Å². The number of H-pyrrole nitrogens is 1. The maximum atomic E-state index is 12.2. The molecule has 2 N–H and O–H groups in total. The lowest BCUT2D eigenvalue weighted by atomic mass is 10.00. The van der Waals surface area contributed by atoms with Crippen molar-refractivity contribution in [1.82, 2.24) is 20.1 Å². The second-order valence-electron chi connectivity index (χ2n) is 6.58. The Bertz CT molecular complexity index is 986. The molecule has 6 nitrogen and oxygen atoms in total. The lowest BCUT2D eigenvalue weighted by Gasteiger charge is -2.11. The molecule has 0 saturated carbocycles. The molecule has 3 rings (SSSR count). The molecule has 0 aliphatic rings. The van der Waals surface area contributed by atoms with E-state index in [1.807, 2.05) is 32.0 Å². The number of hydrogen-bond acceptors (Lipinski definition) is 3. The number of carbonyl (C=O) groups is 1. The average Bonchev–Trinajstić information content (AvgIpc) is 2.89. The van der Waals surface area contributed by atoms with Gasteiger partial charge in [0.2, 0.25) is 5.91 Å². The van der Waals surface area contributed by atoms with Gasteiger partial charge in [0.1, 0.15) is 0 Å². The van der Waals surface area contributed by atoms with E-state index in [1.54, 1.807) is 11.7 Å². The minimum Gasteiger partial charge on any atom is -0.356 e. The highest BCUT2D eigenvalue weighted by Crippen LogP contribution is 2.20. The van der Waals surface area contributed by atoms with Gasteiger partial charge in [-0.2, -0.15) is 0 Å². The van der Waals surface area contributed by atoms with E-state index in [0.717, 1.165) is 23.2 Å². The summed E-state index contributed by atoms with van der Waals surface area (Å²) in [5.41, 5.74) is 4.47. The predicted molar refractivity (Wildman–Crippen MR) is 102 cm³/mol. The van der Waals surface area contributed by atoms with Crippen molar-refractivity contribution in [3.05, 3.63) is 63.1 Å². The maximum absolute atomic E-state index is 12.2. The number of pyridine rings is 1. The van der Waals surface area contributed by atoms with Gasteiger partial charge in [-0.1, -0.05) is 30.3 Å². The first-order valence-electron chi connectivity index (χ1n) is 8.82. The normalized spacial score (nSPS) is 11.0. The molecule has 1 aromatic carbocycles. The largest absolute Gasteiger partial charge is 0.356 e. The molecule has 0 spiro atoms. The number of rotatable bonds is 6. The monoisotopic (exact) mass is 352 g/mol. The maximum Gasteiger partial charge on any atom is 0.273 e. The van der Waals surface area contributed by atoms with Crippen LogP contribution in [0.15, 0.2) is 35.1 Å². The lowest BCUT2D eigenvalue weighted by Crippen LogP contribution is -2.26. The molecular weight excluding hydrogens is 328 g/mol. The van der Waals surface area contributed by atoms with Gasteiger partial charge in [-0.25, -0.2) is 4.98 Å². The smallest absolute Gasteiger partial charge is 0.273 e. The van der Waals surface area contributed by atoms with Crippen molar-refractivity contribution in [3.8, 4) is 0 Å². The molecule has 0 atom stereocenters. The van der Waals surface area contributed by atoms with E-state index >= 15 is 0 Å². The number of carbonyl (C=O) groups excluding carboxylic acids is 1. The Hall–Kier alpha value is -2.89. The summed E-state index contributed by atoms with van der Waals surface area (Å²) in [6.07, 6.45) is 1.78. The van der Waals surface area contributed by atoms with Gasteiger partial charge in [-0.05, 0) is 43.4 Å². The summed E-state index contributed by atoms with van der Waals surface area (Å²) in [5, 5.41) is 6.31. The molecule has 0 unspecified atom stereocenters. The summed E-state index contributed by atoms with van der Waals surface area (Å²) in [4.78, 5) is 28.8. The van der Waals surface area contributed by atoms with Gasteiger partial charge in [-0.3, -0.25) is 19.4 Å². The Labute approximate surface area is 152 Å². The first-order chi connectivity index (χ1) is 12.5. The van der Waals surface area contributed by atoms with Crippen LogP contribution in [-0.2, 0) is 24.7 Å². The molecule has 0 radical (unpaired) electrons. The fraction of sp³-hybridized carbons (Fsp3) is 0.350. The molecule has 0 aliphatic carbocycles. The van der Waals surface area contributed by atoms with Crippen molar-refractivity contribution >= 4 is 16.9 Å². The molecule has 3 aromatic rings. The Kier molecular flexibility index (Phi) is 5.21. The van der Waals surface area contributed by atoms with E-state index < -0.39 is 0 Å². The van der Waals surface area contributed by atoms with Crippen LogP contribution in [0, 0.1) is 13.8 Å². The number of nitrogens with zero attached hydrogens (tertiary/aromatic N) is 2. The van der Waals surface area contributed by atoms with Gasteiger partial charge < -0.3 is 5.32 Å². The second kappa shape index (κ2) is 7.56. The van der Waals surface area contributed by atoms with Crippen LogP contribution in [0.25, 0.3) is 11.0 Å². The fourth-order valence-corrected chi connectivity index (χ4v) is 3.33. The number of hydrogen-bond donors (Lipinski definition) is 2. The summed E-state index contributed by atoms with van der Waals surface area (Å²) in [6, 6.07) is 10.1. The van der Waals surface area contributed by atoms with E-state index in [2.05, 4.69) is 27.5 Å². The Morgan fingerprint density at radius 2 is 1.92 bits per heavy atom. The van der Waals surface area contributed by atoms with E-state index in [9.17, 15) is 9.59 Å². The van der Waals surface area contributed by atoms with Crippen LogP contribution in [0.3, 0.4) is 0 Å². The molecule has 0 bridgehead atoms. The minimum absolute atomic E-state index is 0.0156. The SMILES string of the molecule is Cc1nc2c(c(C)c1CCC(=O)NCCc1ccccc1)c(=O)[nH]n2C. The highest BCUT2D eigenvalue weighted by atomic mass is 16.1. The van der Waals surface area contributed by atoms with Gasteiger partial charge in [0.15, 0.2) is 5.65 Å². The zero-order chi connectivity index (χ0) is 18.7. The van der Waals surface area contributed by atoms with Crippen LogP contribution in [0.1, 0.15) is 28.8 Å². The van der Waals surface area contributed by atoms with Crippen molar-refractivity contribution in [1.29, 1.82) is 0 Å². The van der Waals surface area contributed by atoms with Crippen molar-refractivity contribution in [2.75, 3.05) is 6.54 Å². The number of amides is 1. The van der Waals surface area contributed by atoms with Crippen molar-refractivity contribution < 1.29 is 4.79 Å². The van der Waals surface area contributed by atoms with Crippen LogP contribution >= 0.6 is 0 Å². The molecule has 0 fully saturated rings. The van der Waals surface area contributed by atoms with E-state index in [4.69, 9.17) is 0 Å². The number of nitrogens with one attached hydrogen (secondary N) is 2. The first kappa shape index (κ1) is 17.9. The molecule has 0 saturated heterocycles. The van der Waals surface area contributed by atoms with Gasteiger partial charge >= 0.3 is 0 Å². The molecule has 6 heteroatoms. The zero-order valence-corrected chi connectivity index (χ0v) is 15.4. The topological polar surface area (TPSA) is 79.8 Å². The Morgan fingerprint density at radius 1 is 1.19 bits per heavy atom. The van der Waals surface area contributed by atoms with Crippen LogP contribution in [0.5, 0.6) is 0 Å². The van der Waals surface area contributed by atoms with Gasteiger partial charge in [0.05, 0.1) is 5.39 Å². The number of aromatic amines is 1. The molecule has 2 heterocycles. The van der Waals surface area contributed by atoms with Crippen molar-refractivity contribution in [2.45, 2.75) is 33.1 Å². The summed E-state index contributed by atoms with van der Waals surface area (Å²) < 4.78 is 1.64. The van der Waals surface area contributed by atoms with E-state index in [-0.39, 0.29) is 11.5 Å². The van der Waals surface area contributed by atoms with E-state index in [0.29, 0.717) is 30.4 Å². The Morgan fingerprint density at radius 3 is 2.65 bits per heavy atom. The molecule has 1 amide bonds. The van der Waals surface area contributed by atoms with Crippen LogP contribution in [0.4, 0.5) is 0 Å². The zero-order valence-electron chi connectivity index (χ0n) is 15.4. The lowest BCUT2D eigenvalue weighted by molar-refractivity contribution is -0.121. The van der Waals surface area contributed by atoms with Crippen molar-refractivity contribution in [2.24, 2.45) is 7.05 Å². The van der Waals surface area contributed by atoms with Crippen LogP contribution in [0.2, 0.25) is 0 Å². The first-order valence-corrected chi connectivity index (χ1v) is 8.82. The summed E-state index contributed by atoms with van der Waals surface area (Å²) in [6.45, 7) is 4.47. The quantitative estimate of drug-likeness (QED) is 0.713. The summed E-state index contributed by atoms with van der Waals surface area (Å²) in [5.74, 6) is 0.0156. The van der Waals surface area contributed by atoms with Crippen molar-refractivity contribution in [3.63, 3.8) is 0 Å². The third-order valence-corrected chi connectivity index (χ3v) is 4.76. The predicted octanol–water partition coefficient (Wildman–Crippen LogP) is 2.17. The molecule has 136 valence electrons. The minimum atomic E-state index is -0.138. The molecule has 0 aliphatic heterocycles. The number of aromatic nitrogens is 3. The van der Waals surface area contributed by atoms with E-state index in [1.165, 1.54) is 5.56 Å². The fourth-order valence-electron chi connectivity index (χ4n) is 3.33. The third-order valence-electron chi connectivity index (χ3n) is 4.76. The van der Waals surface area contributed by atoms with Crippen LogP contribution in [-0.4, -0.2) is 27.2 Å². The number of benzene rings is 1. The summed E-state index contributed by atoms with van der Waals surface area (Å²) >= 11 is 0. The third kappa shape index (κ3) is 3.69. The number of aryl methyl sites for hydroxylation is 3. The second-order valence-corrected chi connectivity index (χ2v) is 6.58. The highest BCUT2D eigenvalue weighted by molar-refractivity contribution is 5.81. The standard InChI is InChI=1S/C20H24N4O2/c1-13-16(14(2)22-19-18(13)20(26)23-24(19)3)9-10-17(25)21-12-11-15-7-5-4-6-8-15/h4-8H,9-12H2,1-3H3,(H,21,25)(H,23,26). The van der Waals surface area contributed by atoms with Gasteiger partial charge in [0.25, 0.3) is 5.56 Å². The molecule has 26 heavy (non-hydrogen) atoms. The molecular formula is C20H24N4O2.